The van der Waals surface area contributed by atoms with Crippen LogP contribution >= 0.6 is 11.6 Å². The Labute approximate surface area is 132 Å². The van der Waals surface area contributed by atoms with Crippen molar-refractivity contribution in [1.82, 2.24) is 5.32 Å². The number of rotatable bonds is 7. The first kappa shape index (κ1) is 16.6. The molecule has 3 nitrogen and oxygen atoms in total. The molecule has 118 valence electrons. The Hall–Kier alpha value is -0.770. The van der Waals surface area contributed by atoms with E-state index in [1.165, 1.54) is 32.1 Å². The average Bonchev–Trinajstić information content (AvgIpc) is 2.46. The van der Waals surface area contributed by atoms with Crippen molar-refractivity contribution in [1.29, 1.82) is 0 Å². The summed E-state index contributed by atoms with van der Waals surface area (Å²) in [7, 11) is 0. The van der Waals surface area contributed by atoms with Gasteiger partial charge in [-0.2, -0.15) is 0 Å². The summed E-state index contributed by atoms with van der Waals surface area (Å²) in [6.07, 6.45) is 6.10. The van der Waals surface area contributed by atoms with Crippen molar-refractivity contribution in [2.75, 3.05) is 19.7 Å². The van der Waals surface area contributed by atoms with Crippen LogP contribution in [-0.2, 0) is 0 Å². The zero-order valence-corrected chi connectivity index (χ0v) is 13.5. The number of benzene rings is 1. The highest BCUT2D eigenvalue weighted by Crippen LogP contribution is 2.34. The van der Waals surface area contributed by atoms with Gasteiger partial charge in [-0.05, 0) is 36.5 Å². The molecule has 1 aliphatic carbocycles. The fourth-order valence-corrected chi connectivity index (χ4v) is 3.11. The lowest BCUT2D eigenvalue weighted by Crippen LogP contribution is -2.39. The van der Waals surface area contributed by atoms with Crippen LogP contribution in [0, 0.1) is 5.41 Å². The molecule has 1 aromatic rings. The highest BCUT2D eigenvalue weighted by Gasteiger charge is 2.26. The normalized spacial score (nSPS) is 19.2. The highest BCUT2D eigenvalue weighted by molar-refractivity contribution is 6.30. The molecular formula is C17H26ClNO2. The van der Waals surface area contributed by atoms with Crippen LogP contribution in [0.15, 0.2) is 24.3 Å². The third kappa shape index (κ3) is 5.85. The van der Waals surface area contributed by atoms with Crippen LogP contribution in [-0.4, -0.2) is 30.9 Å². The van der Waals surface area contributed by atoms with E-state index < -0.39 is 6.10 Å². The van der Waals surface area contributed by atoms with Gasteiger partial charge in [-0.15, -0.1) is 0 Å². The summed E-state index contributed by atoms with van der Waals surface area (Å²) in [4.78, 5) is 0. The minimum atomic E-state index is -0.504. The second kappa shape index (κ2) is 8.02. The number of hydrogen-bond acceptors (Lipinski definition) is 3. The number of aliphatic hydroxyl groups is 1. The first-order valence-electron chi connectivity index (χ1n) is 7.85. The van der Waals surface area contributed by atoms with Crippen molar-refractivity contribution in [2.45, 2.75) is 45.1 Å². The summed E-state index contributed by atoms with van der Waals surface area (Å²) >= 11 is 5.89. The van der Waals surface area contributed by atoms with E-state index in [0.717, 1.165) is 6.54 Å². The maximum atomic E-state index is 9.97. The van der Waals surface area contributed by atoms with Gasteiger partial charge in [0.1, 0.15) is 18.5 Å². The molecule has 1 unspecified atom stereocenters. The van der Waals surface area contributed by atoms with Crippen molar-refractivity contribution < 1.29 is 9.84 Å². The smallest absolute Gasteiger partial charge is 0.120 e. The maximum Gasteiger partial charge on any atom is 0.120 e. The van der Waals surface area contributed by atoms with Crippen LogP contribution in [0.4, 0.5) is 0 Å². The standard InChI is InChI=1S/C17H26ClNO2/c1-17(8-3-2-4-9-17)13-19-11-15(20)12-21-16-7-5-6-14(18)10-16/h5-7,10,15,19-20H,2-4,8-9,11-13H2,1H3. The molecule has 0 spiro atoms. The van der Waals surface area contributed by atoms with Crippen LogP contribution in [0.5, 0.6) is 5.75 Å². The van der Waals surface area contributed by atoms with Crippen molar-refractivity contribution >= 4 is 11.6 Å². The lowest BCUT2D eigenvalue weighted by atomic mass is 9.76. The first-order valence-corrected chi connectivity index (χ1v) is 8.22. The molecule has 0 aromatic heterocycles. The molecule has 1 aromatic carbocycles. The second-order valence-corrected chi connectivity index (χ2v) is 6.86. The molecule has 4 heteroatoms. The molecule has 0 bridgehead atoms. The zero-order chi connectivity index (χ0) is 15.1. The molecular weight excluding hydrogens is 286 g/mol. The predicted octanol–water partition coefficient (Wildman–Crippen LogP) is 3.64. The van der Waals surface area contributed by atoms with Crippen LogP contribution in [0.25, 0.3) is 0 Å². The Morgan fingerprint density at radius 2 is 2.10 bits per heavy atom. The van der Waals surface area contributed by atoms with E-state index in [2.05, 4.69) is 12.2 Å². The van der Waals surface area contributed by atoms with E-state index in [-0.39, 0.29) is 6.61 Å². The monoisotopic (exact) mass is 311 g/mol. The molecule has 1 saturated carbocycles. The highest BCUT2D eigenvalue weighted by atomic mass is 35.5. The molecule has 0 saturated heterocycles. The zero-order valence-electron chi connectivity index (χ0n) is 12.8. The van der Waals surface area contributed by atoms with E-state index in [0.29, 0.717) is 22.7 Å². The summed E-state index contributed by atoms with van der Waals surface area (Å²) in [5.41, 5.74) is 0.395. The quantitative estimate of drug-likeness (QED) is 0.808. The van der Waals surface area contributed by atoms with Crippen LogP contribution in [0.2, 0.25) is 5.02 Å². The van der Waals surface area contributed by atoms with E-state index in [1.54, 1.807) is 12.1 Å². The number of halogens is 1. The summed E-state index contributed by atoms with van der Waals surface area (Å²) in [6.45, 7) is 4.16. The van der Waals surface area contributed by atoms with Crippen LogP contribution in [0.3, 0.4) is 0 Å². The fourth-order valence-electron chi connectivity index (χ4n) is 2.93. The predicted molar refractivity (Wildman–Crippen MR) is 87.0 cm³/mol. The van der Waals surface area contributed by atoms with Gasteiger partial charge in [0.05, 0.1) is 0 Å². The Morgan fingerprint density at radius 3 is 2.81 bits per heavy atom. The Balaban J connectivity index is 1.64. The van der Waals surface area contributed by atoms with Gasteiger partial charge in [-0.25, -0.2) is 0 Å². The van der Waals surface area contributed by atoms with Crippen molar-refractivity contribution in [2.24, 2.45) is 5.41 Å². The minimum Gasteiger partial charge on any atom is -0.491 e. The summed E-state index contributed by atoms with van der Waals surface area (Å²) in [6, 6.07) is 7.24. The molecule has 1 aliphatic rings. The molecule has 1 fully saturated rings. The molecule has 0 amide bonds. The van der Waals surface area contributed by atoms with Gasteiger partial charge in [0, 0.05) is 18.1 Å². The van der Waals surface area contributed by atoms with Gasteiger partial charge in [-0.1, -0.05) is 43.9 Å². The third-order valence-electron chi connectivity index (χ3n) is 4.23. The molecule has 0 heterocycles. The Kier molecular flexibility index (Phi) is 6.34. The molecule has 2 N–H and O–H groups in total. The third-order valence-corrected chi connectivity index (χ3v) is 4.47. The van der Waals surface area contributed by atoms with Gasteiger partial charge < -0.3 is 15.2 Å². The van der Waals surface area contributed by atoms with Gasteiger partial charge in [0.25, 0.3) is 0 Å². The van der Waals surface area contributed by atoms with Crippen molar-refractivity contribution in [3.05, 3.63) is 29.3 Å². The van der Waals surface area contributed by atoms with Crippen molar-refractivity contribution in [3.63, 3.8) is 0 Å². The number of nitrogens with one attached hydrogen (secondary N) is 1. The van der Waals surface area contributed by atoms with Crippen molar-refractivity contribution in [3.8, 4) is 5.75 Å². The minimum absolute atomic E-state index is 0.282. The maximum absolute atomic E-state index is 9.97. The Morgan fingerprint density at radius 1 is 1.33 bits per heavy atom. The van der Waals surface area contributed by atoms with E-state index in [4.69, 9.17) is 16.3 Å². The van der Waals surface area contributed by atoms with E-state index in [9.17, 15) is 5.11 Å². The molecule has 0 radical (unpaired) electrons. The van der Waals surface area contributed by atoms with E-state index >= 15 is 0 Å². The number of ether oxygens (including phenoxy) is 1. The van der Waals surface area contributed by atoms with Gasteiger partial charge >= 0.3 is 0 Å². The second-order valence-electron chi connectivity index (χ2n) is 6.42. The number of aliphatic hydroxyl groups excluding tert-OH is 1. The van der Waals surface area contributed by atoms with Gasteiger partial charge in [0.2, 0.25) is 0 Å². The lowest BCUT2D eigenvalue weighted by Gasteiger charge is -2.34. The van der Waals surface area contributed by atoms with E-state index in [1.807, 2.05) is 12.1 Å². The molecule has 21 heavy (non-hydrogen) atoms. The fraction of sp³-hybridized carbons (Fsp3) is 0.647. The Bertz CT molecular complexity index is 433. The summed E-state index contributed by atoms with van der Waals surface area (Å²) in [5, 5.41) is 14.0. The average molecular weight is 312 g/mol. The summed E-state index contributed by atoms with van der Waals surface area (Å²) in [5.74, 6) is 0.695. The molecule has 1 atom stereocenters. The lowest BCUT2D eigenvalue weighted by molar-refractivity contribution is 0.100. The van der Waals surface area contributed by atoms with Gasteiger partial charge in [0.15, 0.2) is 0 Å². The largest absolute Gasteiger partial charge is 0.491 e. The number of hydrogen-bond donors (Lipinski definition) is 2. The van der Waals surface area contributed by atoms with Crippen LogP contribution in [0.1, 0.15) is 39.0 Å². The van der Waals surface area contributed by atoms with Gasteiger partial charge in [-0.3, -0.25) is 0 Å². The van der Waals surface area contributed by atoms with Crippen LogP contribution < -0.4 is 10.1 Å². The molecule has 0 aliphatic heterocycles. The first-order chi connectivity index (χ1) is 10.1. The molecule has 2 rings (SSSR count). The SMILES string of the molecule is CC1(CNCC(O)COc2cccc(Cl)c2)CCCCC1. The summed E-state index contributed by atoms with van der Waals surface area (Å²) < 4.78 is 5.54. The topological polar surface area (TPSA) is 41.5 Å².